The summed E-state index contributed by atoms with van der Waals surface area (Å²) >= 11 is 5.74. The molecule has 0 N–H and O–H groups in total. The van der Waals surface area contributed by atoms with Crippen molar-refractivity contribution in [3.8, 4) is 0 Å². The van der Waals surface area contributed by atoms with Crippen LogP contribution in [-0.4, -0.2) is 14.7 Å². The second-order valence-corrected chi connectivity index (χ2v) is 8.66. The lowest BCUT2D eigenvalue weighted by atomic mass is 10.2. The van der Waals surface area contributed by atoms with E-state index in [-0.39, 0.29) is 0 Å². The van der Waals surface area contributed by atoms with Crippen LogP contribution in [0.5, 0.6) is 0 Å². The van der Waals surface area contributed by atoms with Gasteiger partial charge in [-0.25, -0.2) is 0 Å². The van der Waals surface area contributed by atoms with Gasteiger partial charge in [-0.15, -0.1) is 11.6 Å². The Bertz CT molecular complexity index is 430. The van der Waals surface area contributed by atoms with Crippen LogP contribution in [0.4, 0.5) is 0 Å². The molecule has 2 rings (SSSR count). The highest BCUT2D eigenvalue weighted by atomic mass is 35.5. The van der Waals surface area contributed by atoms with Crippen LogP contribution < -0.4 is 10.4 Å². The minimum absolute atomic E-state index is 0.804. The minimum atomic E-state index is -1.03. The van der Waals surface area contributed by atoms with Crippen LogP contribution >= 0.6 is 11.6 Å². The lowest BCUT2D eigenvalue weighted by Crippen LogP contribution is -2.41. The first-order chi connectivity index (χ1) is 9.92. The molecule has 0 bridgehead atoms. The van der Waals surface area contributed by atoms with Crippen LogP contribution in [-0.2, 0) is 0 Å². The van der Waals surface area contributed by atoms with E-state index < -0.39 is 8.80 Å². The summed E-state index contributed by atoms with van der Waals surface area (Å²) in [6.45, 7) is 0. The molecule has 0 saturated heterocycles. The molecular formula is C18H23ClSi. The smallest absolute Gasteiger partial charge is 0.103 e. The van der Waals surface area contributed by atoms with E-state index in [1.165, 1.54) is 25.3 Å². The summed E-state index contributed by atoms with van der Waals surface area (Å²) in [5, 5.41) is 3.13. The van der Waals surface area contributed by atoms with Crippen molar-refractivity contribution in [1.82, 2.24) is 0 Å². The fourth-order valence-corrected chi connectivity index (χ4v) is 6.00. The van der Waals surface area contributed by atoms with E-state index >= 15 is 0 Å². The van der Waals surface area contributed by atoms with Gasteiger partial charge in [0.2, 0.25) is 0 Å². The summed E-state index contributed by atoms with van der Waals surface area (Å²) in [5.41, 5.74) is 0. The lowest BCUT2D eigenvalue weighted by molar-refractivity contribution is 0.702. The molecule has 0 atom stereocenters. The molecular weight excluding hydrogens is 280 g/mol. The van der Waals surface area contributed by atoms with Crippen LogP contribution in [0.25, 0.3) is 0 Å². The zero-order valence-corrected chi connectivity index (χ0v) is 13.9. The molecule has 0 aliphatic rings. The predicted octanol–water partition coefficient (Wildman–Crippen LogP) is 3.83. The van der Waals surface area contributed by atoms with E-state index in [2.05, 4.69) is 60.7 Å². The van der Waals surface area contributed by atoms with E-state index in [9.17, 15) is 0 Å². The molecule has 0 radical (unpaired) electrons. The molecule has 0 aliphatic carbocycles. The Morgan fingerprint density at radius 1 is 0.650 bits per heavy atom. The van der Waals surface area contributed by atoms with Gasteiger partial charge in [-0.05, 0) is 6.42 Å². The van der Waals surface area contributed by atoms with Crippen molar-refractivity contribution in [1.29, 1.82) is 0 Å². The molecule has 0 nitrogen and oxygen atoms in total. The van der Waals surface area contributed by atoms with E-state index in [0.717, 1.165) is 12.3 Å². The highest BCUT2D eigenvalue weighted by Gasteiger charge is 2.15. The van der Waals surface area contributed by atoms with Gasteiger partial charge in [0.25, 0.3) is 0 Å². The van der Waals surface area contributed by atoms with E-state index in [4.69, 9.17) is 11.6 Å². The molecule has 2 aromatic carbocycles. The molecule has 20 heavy (non-hydrogen) atoms. The monoisotopic (exact) mass is 302 g/mol. The zero-order valence-electron chi connectivity index (χ0n) is 12.0. The molecule has 0 aromatic heterocycles. The first-order valence-electron chi connectivity index (χ1n) is 7.57. The molecule has 0 unspecified atom stereocenters. The normalized spacial score (nSPS) is 10.9. The average Bonchev–Trinajstić information content (AvgIpc) is 2.53. The number of hydrogen-bond acceptors (Lipinski definition) is 0. The topological polar surface area (TPSA) is 0 Å². The van der Waals surface area contributed by atoms with Crippen LogP contribution in [0.1, 0.15) is 25.7 Å². The van der Waals surface area contributed by atoms with Gasteiger partial charge in [-0.3, -0.25) is 0 Å². The Labute approximate surface area is 129 Å². The van der Waals surface area contributed by atoms with Gasteiger partial charge in [-0.1, -0.05) is 96.3 Å². The zero-order chi connectivity index (χ0) is 14.0. The van der Waals surface area contributed by atoms with Crippen molar-refractivity contribution < 1.29 is 0 Å². The summed E-state index contributed by atoms with van der Waals surface area (Å²) in [6.07, 6.45) is 5.08. The van der Waals surface area contributed by atoms with Gasteiger partial charge in [-0.2, -0.15) is 0 Å². The number of benzene rings is 2. The van der Waals surface area contributed by atoms with Crippen molar-refractivity contribution >= 4 is 30.8 Å². The molecule has 0 amide bonds. The van der Waals surface area contributed by atoms with Crippen LogP contribution in [0, 0.1) is 0 Å². The molecule has 0 aliphatic heterocycles. The van der Waals surface area contributed by atoms with E-state index in [0.29, 0.717) is 0 Å². The first-order valence-corrected chi connectivity index (χ1v) is 10.1. The van der Waals surface area contributed by atoms with Gasteiger partial charge in [0.15, 0.2) is 0 Å². The molecule has 106 valence electrons. The molecule has 0 spiro atoms. The van der Waals surface area contributed by atoms with Crippen molar-refractivity contribution in [2.75, 3.05) is 5.88 Å². The predicted molar refractivity (Wildman–Crippen MR) is 93.3 cm³/mol. The average molecular weight is 303 g/mol. The summed E-state index contributed by atoms with van der Waals surface area (Å²) < 4.78 is 0. The maximum atomic E-state index is 5.74. The second-order valence-electron chi connectivity index (χ2n) is 5.27. The largest absolute Gasteiger partial charge is 0.127 e. The maximum absolute atomic E-state index is 5.74. The third-order valence-electron chi connectivity index (χ3n) is 3.78. The number of unbranched alkanes of at least 4 members (excludes halogenated alkanes) is 3. The highest BCUT2D eigenvalue weighted by Crippen LogP contribution is 2.08. The van der Waals surface area contributed by atoms with Gasteiger partial charge in [0.05, 0.1) is 0 Å². The van der Waals surface area contributed by atoms with Gasteiger partial charge >= 0.3 is 0 Å². The van der Waals surface area contributed by atoms with Crippen molar-refractivity contribution in [2.24, 2.45) is 0 Å². The van der Waals surface area contributed by atoms with Gasteiger partial charge in [0.1, 0.15) is 8.80 Å². The second kappa shape index (κ2) is 8.99. The minimum Gasteiger partial charge on any atom is -0.127 e. The molecule has 0 fully saturated rings. The highest BCUT2D eigenvalue weighted by molar-refractivity contribution is 6.85. The summed E-state index contributed by atoms with van der Waals surface area (Å²) in [4.78, 5) is 0. The molecule has 0 saturated carbocycles. The van der Waals surface area contributed by atoms with Gasteiger partial charge in [0, 0.05) is 5.88 Å². The van der Waals surface area contributed by atoms with Crippen LogP contribution in [0.3, 0.4) is 0 Å². The third kappa shape index (κ3) is 4.81. The molecule has 0 heterocycles. The van der Waals surface area contributed by atoms with Crippen LogP contribution in [0.2, 0.25) is 6.04 Å². The van der Waals surface area contributed by atoms with Crippen molar-refractivity contribution in [2.45, 2.75) is 31.7 Å². The van der Waals surface area contributed by atoms with Crippen molar-refractivity contribution in [3.05, 3.63) is 60.7 Å². The first kappa shape index (κ1) is 15.3. The quantitative estimate of drug-likeness (QED) is 0.395. The summed E-state index contributed by atoms with van der Waals surface area (Å²) in [5.74, 6) is 0.804. The Morgan fingerprint density at radius 2 is 1.15 bits per heavy atom. The number of halogens is 1. The Hall–Kier alpha value is -1.05. The number of alkyl halides is 1. The molecule has 2 heteroatoms. The van der Waals surface area contributed by atoms with Gasteiger partial charge < -0.3 is 0 Å². The SMILES string of the molecule is ClCCCCCC[SiH](c1ccccc1)c1ccccc1. The fourth-order valence-electron chi connectivity index (χ4n) is 2.69. The Morgan fingerprint density at radius 3 is 1.65 bits per heavy atom. The number of rotatable bonds is 8. The number of hydrogen-bond donors (Lipinski definition) is 0. The van der Waals surface area contributed by atoms with Crippen LogP contribution in [0.15, 0.2) is 60.7 Å². The Balaban J connectivity index is 2.02. The van der Waals surface area contributed by atoms with E-state index in [1.54, 1.807) is 10.4 Å². The third-order valence-corrected chi connectivity index (χ3v) is 7.41. The Kier molecular flexibility index (Phi) is 6.89. The molecule has 2 aromatic rings. The van der Waals surface area contributed by atoms with E-state index in [1.807, 2.05) is 0 Å². The standard InChI is InChI=1S/C18H23ClSi/c19-15-9-1-2-10-16-20(17-11-5-3-6-12-17)18-13-7-4-8-14-18/h3-8,11-14,20H,1-2,9-10,15-16H2. The van der Waals surface area contributed by atoms with Crippen molar-refractivity contribution in [3.63, 3.8) is 0 Å². The summed E-state index contributed by atoms with van der Waals surface area (Å²) in [7, 11) is -1.03. The fraction of sp³-hybridized carbons (Fsp3) is 0.333. The lowest BCUT2D eigenvalue weighted by Gasteiger charge is -2.16. The maximum Gasteiger partial charge on any atom is 0.103 e. The summed E-state index contributed by atoms with van der Waals surface area (Å²) in [6, 6.07) is 23.5.